The number of halogens is 1. The predicted molar refractivity (Wildman–Crippen MR) is 84.1 cm³/mol. The molecule has 21 heavy (non-hydrogen) atoms. The maximum absolute atomic E-state index is 11.4. The third-order valence-electron chi connectivity index (χ3n) is 2.40. The Morgan fingerprint density at radius 2 is 2.19 bits per heavy atom. The standard InChI is InChI=1S/C16H19ClN2O2/c1-16(2,3)21-15(20)19-9-5-4-6-12-7-8-13(11-18)14(17)10-12/h4,6-8,10H,5,9H2,1-3H3,(H,19,20). The first-order chi connectivity index (χ1) is 9.81. The molecule has 1 aromatic rings. The Hall–Kier alpha value is -1.99. The summed E-state index contributed by atoms with van der Waals surface area (Å²) < 4.78 is 5.12. The molecule has 1 aromatic carbocycles. The van der Waals surface area contributed by atoms with Crippen molar-refractivity contribution in [3.63, 3.8) is 0 Å². The summed E-state index contributed by atoms with van der Waals surface area (Å²) in [4.78, 5) is 11.4. The lowest BCUT2D eigenvalue weighted by molar-refractivity contribution is 0.0529. The summed E-state index contributed by atoms with van der Waals surface area (Å²) in [6.07, 6.45) is 4.08. The van der Waals surface area contributed by atoms with E-state index in [4.69, 9.17) is 21.6 Å². The number of ether oxygens (including phenoxy) is 1. The summed E-state index contributed by atoms with van der Waals surface area (Å²) in [5.74, 6) is 0. The van der Waals surface area contributed by atoms with Gasteiger partial charge in [0.15, 0.2) is 0 Å². The maximum atomic E-state index is 11.4. The lowest BCUT2D eigenvalue weighted by Gasteiger charge is -2.19. The molecule has 0 saturated heterocycles. The molecule has 0 bridgehead atoms. The van der Waals surface area contributed by atoms with Crippen molar-refractivity contribution in [2.45, 2.75) is 32.8 Å². The molecule has 0 aliphatic heterocycles. The van der Waals surface area contributed by atoms with Gasteiger partial charge in [-0.05, 0) is 44.9 Å². The maximum Gasteiger partial charge on any atom is 0.407 e. The van der Waals surface area contributed by atoms with Gasteiger partial charge in [-0.25, -0.2) is 4.79 Å². The molecular weight excluding hydrogens is 288 g/mol. The van der Waals surface area contributed by atoms with Gasteiger partial charge in [-0.3, -0.25) is 0 Å². The van der Waals surface area contributed by atoms with Gasteiger partial charge >= 0.3 is 6.09 Å². The number of hydrogen-bond donors (Lipinski definition) is 1. The number of nitriles is 1. The lowest BCUT2D eigenvalue weighted by Crippen LogP contribution is -2.32. The van der Waals surface area contributed by atoms with E-state index >= 15 is 0 Å². The van der Waals surface area contributed by atoms with Crippen LogP contribution < -0.4 is 5.32 Å². The minimum Gasteiger partial charge on any atom is -0.444 e. The molecule has 0 aliphatic rings. The van der Waals surface area contributed by atoms with Crippen molar-refractivity contribution >= 4 is 23.8 Å². The van der Waals surface area contributed by atoms with Crippen LogP contribution in [0.2, 0.25) is 5.02 Å². The van der Waals surface area contributed by atoms with Crippen molar-refractivity contribution in [3.8, 4) is 6.07 Å². The van der Waals surface area contributed by atoms with Crippen molar-refractivity contribution in [1.29, 1.82) is 5.26 Å². The minimum absolute atomic E-state index is 0.419. The lowest BCUT2D eigenvalue weighted by atomic mass is 10.1. The van der Waals surface area contributed by atoms with Crippen LogP contribution >= 0.6 is 11.6 Å². The number of rotatable bonds is 4. The second-order valence-electron chi connectivity index (χ2n) is 5.47. The van der Waals surface area contributed by atoms with Crippen LogP contribution in [0.4, 0.5) is 4.79 Å². The van der Waals surface area contributed by atoms with E-state index < -0.39 is 11.7 Å². The minimum atomic E-state index is -0.487. The summed E-state index contributed by atoms with van der Waals surface area (Å²) in [5.41, 5.74) is 0.885. The van der Waals surface area contributed by atoms with Crippen LogP contribution in [-0.2, 0) is 4.74 Å². The topological polar surface area (TPSA) is 62.1 Å². The molecule has 4 nitrogen and oxygen atoms in total. The van der Waals surface area contributed by atoms with Gasteiger partial charge in [0.1, 0.15) is 11.7 Å². The summed E-state index contributed by atoms with van der Waals surface area (Å²) in [6, 6.07) is 7.25. The van der Waals surface area contributed by atoms with Gasteiger partial charge in [0, 0.05) is 6.54 Å². The molecule has 0 unspecified atom stereocenters. The molecule has 0 saturated carbocycles. The molecule has 5 heteroatoms. The van der Waals surface area contributed by atoms with E-state index in [9.17, 15) is 4.79 Å². The number of nitrogens with zero attached hydrogens (tertiary/aromatic N) is 1. The van der Waals surface area contributed by atoms with E-state index in [0.717, 1.165) is 5.56 Å². The SMILES string of the molecule is CC(C)(C)OC(=O)NCCC=Cc1ccc(C#N)c(Cl)c1. The Kier molecular flexibility index (Phi) is 6.26. The molecular formula is C16H19ClN2O2. The second-order valence-corrected chi connectivity index (χ2v) is 5.88. The third-order valence-corrected chi connectivity index (χ3v) is 2.72. The van der Waals surface area contributed by atoms with Crippen LogP contribution in [0, 0.1) is 11.3 Å². The molecule has 1 rings (SSSR count). The molecule has 112 valence electrons. The highest BCUT2D eigenvalue weighted by atomic mass is 35.5. The Morgan fingerprint density at radius 1 is 1.48 bits per heavy atom. The molecule has 0 atom stereocenters. The van der Waals surface area contributed by atoms with Gasteiger partial charge in [-0.2, -0.15) is 5.26 Å². The predicted octanol–water partition coefficient (Wildman–Crippen LogP) is 4.14. The molecule has 0 aliphatic carbocycles. The second kappa shape index (κ2) is 7.70. The van der Waals surface area contributed by atoms with Gasteiger partial charge < -0.3 is 10.1 Å². The monoisotopic (exact) mass is 306 g/mol. The number of amides is 1. The molecule has 0 spiro atoms. The molecule has 0 aromatic heterocycles. The zero-order chi connectivity index (χ0) is 15.9. The van der Waals surface area contributed by atoms with Crippen LogP contribution in [-0.4, -0.2) is 18.2 Å². The van der Waals surface area contributed by atoms with Gasteiger partial charge in [-0.1, -0.05) is 29.8 Å². The summed E-state index contributed by atoms with van der Waals surface area (Å²) in [7, 11) is 0. The molecule has 0 radical (unpaired) electrons. The van der Waals surface area contributed by atoms with Crippen molar-refractivity contribution in [1.82, 2.24) is 5.32 Å². The zero-order valence-electron chi connectivity index (χ0n) is 12.4. The molecule has 1 N–H and O–H groups in total. The zero-order valence-corrected chi connectivity index (χ0v) is 13.2. The van der Waals surface area contributed by atoms with Gasteiger partial charge in [0.05, 0.1) is 10.6 Å². The number of hydrogen-bond acceptors (Lipinski definition) is 3. The van der Waals surface area contributed by atoms with Crippen molar-refractivity contribution < 1.29 is 9.53 Å². The van der Waals surface area contributed by atoms with Crippen LogP contribution in [0.3, 0.4) is 0 Å². The van der Waals surface area contributed by atoms with E-state index in [0.29, 0.717) is 23.6 Å². The molecule has 1 amide bonds. The van der Waals surface area contributed by atoms with E-state index in [1.54, 1.807) is 12.1 Å². The number of nitrogens with one attached hydrogen (secondary N) is 1. The van der Waals surface area contributed by atoms with Crippen LogP contribution in [0.25, 0.3) is 6.08 Å². The smallest absolute Gasteiger partial charge is 0.407 e. The molecule has 0 fully saturated rings. The Morgan fingerprint density at radius 3 is 2.76 bits per heavy atom. The van der Waals surface area contributed by atoms with Crippen molar-refractivity contribution in [2.24, 2.45) is 0 Å². The number of alkyl carbamates (subject to hydrolysis) is 1. The third kappa shape index (κ3) is 6.82. The summed E-state index contributed by atoms with van der Waals surface area (Å²) in [6.45, 7) is 5.96. The summed E-state index contributed by atoms with van der Waals surface area (Å²) >= 11 is 5.94. The molecule has 0 heterocycles. The summed E-state index contributed by atoms with van der Waals surface area (Å²) in [5, 5.41) is 11.9. The number of benzene rings is 1. The average Bonchev–Trinajstić information content (AvgIpc) is 2.36. The van der Waals surface area contributed by atoms with E-state index in [2.05, 4.69) is 5.32 Å². The first-order valence-corrected chi connectivity index (χ1v) is 7.02. The Bertz CT molecular complexity index is 569. The fraction of sp³-hybridized carbons (Fsp3) is 0.375. The normalized spacial score (nSPS) is 11.2. The largest absolute Gasteiger partial charge is 0.444 e. The first kappa shape index (κ1) is 17.1. The van der Waals surface area contributed by atoms with Crippen LogP contribution in [0.1, 0.15) is 38.3 Å². The highest BCUT2D eigenvalue weighted by Crippen LogP contribution is 2.17. The van der Waals surface area contributed by atoms with Crippen molar-refractivity contribution in [2.75, 3.05) is 6.54 Å². The van der Waals surface area contributed by atoms with Gasteiger partial charge in [0.25, 0.3) is 0 Å². The fourth-order valence-corrected chi connectivity index (χ4v) is 1.75. The number of carbonyl (C=O) groups is 1. The van der Waals surface area contributed by atoms with Crippen molar-refractivity contribution in [3.05, 3.63) is 40.4 Å². The van der Waals surface area contributed by atoms with Crippen LogP contribution in [0.15, 0.2) is 24.3 Å². The first-order valence-electron chi connectivity index (χ1n) is 6.65. The van der Waals surface area contributed by atoms with E-state index in [1.807, 2.05) is 45.1 Å². The quantitative estimate of drug-likeness (QED) is 0.850. The number of carbonyl (C=O) groups excluding carboxylic acids is 1. The Balaban J connectivity index is 2.38. The highest BCUT2D eigenvalue weighted by Gasteiger charge is 2.15. The fourth-order valence-electron chi connectivity index (χ4n) is 1.52. The van der Waals surface area contributed by atoms with E-state index in [1.165, 1.54) is 0 Å². The Labute approximate surface area is 130 Å². The van der Waals surface area contributed by atoms with Crippen LogP contribution in [0.5, 0.6) is 0 Å². The average molecular weight is 307 g/mol. The van der Waals surface area contributed by atoms with Gasteiger partial charge in [-0.15, -0.1) is 0 Å². The van der Waals surface area contributed by atoms with Gasteiger partial charge in [0.2, 0.25) is 0 Å². The highest BCUT2D eigenvalue weighted by molar-refractivity contribution is 6.31. The van der Waals surface area contributed by atoms with E-state index in [-0.39, 0.29) is 0 Å².